The highest BCUT2D eigenvalue weighted by Crippen LogP contribution is 2.41. The molecule has 0 bridgehead atoms. The standard InChI is InChI=1S/C20H12BrO/c21-20(17-12-6-2-7-13-17,18-14-8-3-9-15-18)19(22)16-10-4-1-5-11-16/h1-10,12,14H. The Labute approximate surface area is 138 Å². The van der Waals surface area contributed by atoms with Crippen LogP contribution in [0.2, 0.25) is 0 Å². The van der Waals surface area contributed by atoms with Gasteiger partial charge >= 0.3 is 0 Å². The van der Waals surface area contributed by atoms with Crippen LogP contribution in [-0.2, 0) is 4.32 Å². The summed E-state index contributed by atoms with van der Waals surface area (Å²) in [5.41, 5.74) is 2.02. The fourth-order valence-electron chi connectivity index (χ4n) is 2.33. The highest BCUT2D eigenvalue weighted by molar-refractivity contribution is 9.10. The number of benzene rings is 3. The Morgan fingerprint density at radius 2 is 1.27 bits per heavy atom. The molecule has 0 spiro atoms. The molecule has 0 aliphatic carbocycles. The number of carbonyl (C=O) groups is 1. The summed E-state index contributed by atoms with van der Waals surface area (Å²) in [5, 5.41) is 0. The molecule has 3 aromatic rings. The first-order valence-corrected chi connectivity index (χ1v) is 7.67. The maximum absolute atomic E-state index is 13.1. The monoisotopic (exact) mass is 347 g/mol. The van der Waals surface area contributed by atoms with Crippen molar-refractivity contribution in [2.75, 3.05) is 0 Å². The average molecular weight is 348 g/mol. The summed E-state index contributed by atoms with van der Waals surface area (Å²) >= 11 is 3.67. The third kappa shape index (κ3) is 2.62. The van der Waals surface area contributed by atoms with Crippen molar-refractivity contribution in [1.82, 2.24) is 0 Å². The minimum Gasteiger partial charge on any atom is -0.292 e. The first-order valence-electron chi connectivity index (χ1n) is 6.88. The molecule has 105 valence electrons. The van der Waals surface area contributed by atoms with E-state index in [-0.39, 0.29) is 5.78 Å². The van der Waals surface area contributed by atoms with E-state index < -0.39 is 4.32 Å². The van der Waals surface area contributed by atoms with Gasteiger partial charge in [-0.3, -0.25) is 4.79 Å². The van der Waals surface area contributed by atoms with Gasteiger partial charge in [0, 0.05) is 5.56 Å². The normalized spacial score (nSPS) is 11.1. The van der Waals surface area contributed by atoms with Crippen LogP contribution < -0.4 is 0 Å². The molecule has 3 aromatic carbocycles. The van der Waals surface area contributed by atoms with E-state index in [1.807, 2.05) is 48.5 Å². The van der Waals surface area contributed by atoms with Crippen LogP contribution in [0.3, 0.4) is 0 Å². The summed E-state index contributed by atoms with van der Waals surface area (Å²) in [4.78, 5) is 13.1. The zero-order chi connectivity index (χ0) is 15.4. The summed E-state index contributed by atoms with van der Waals surface area (Å²) in [6.45, 7) is 0. The van der Waals surface area contributed by atoms with Crippen molar-refractivity contribution in [3.8, 4) is 0 Å². The van der Waals surface area contributed by atoms with Gasteiger partial charge in [0.05, 0.1) is 0 Å². The maximum Gasteiger partial charge on any atom is 0.189 e. The lowest BCUT2D eigenvalue weighted by molar-refractivity contribution is 0.0962. The molecule has 0 aromatic heterocycles. The van der Waals surface area contributed by atoms with Crippen LogP contribution >= 0.6 is 15.9 Å². The minimum absolute atomic E-state index is 0.0852. The molecule has 2 heteroatoms. The minimum atomic E-state index is -1.02. The topological polar surface area (TPSA) is 17.1 Å². The molecule has 0 N–H and O–H groups in total. The highest BCUT2D eigenvalue weighted by Gasteiger charge is 2.40. The second-order valence-electron chi connectivity index (χ2n) is 4.82. The Hall–Kier alpha value is -2.19. The van der Waals surface area contributed by atoms with E-state index in [4.69, 9.17) is 0 Å². The van der Waals surface area contributed by atoms with Crippen LogP contribution in [-0.4, -0.2) is 5.78 Å². The van der Waals surface area contributed by atoms with E-state index in [0.29, 0.717) is 5.56 Å². The molecule has 0 atom stereocenters. The Bertz CT molecular complexity index is 712. The second kappa shape index (κ2) is 6.29. The molecule has 1 nitrogen and oxygen atoms in total. The molecule has 0 unspecified atom stereocenters. The Balaban J connectivity index is 2.18. The smallest absolute Gasteiger partial charge is 0.189 e. The third-order valence-corrected chi connectivity index (χ3v) is 4.64. The van der Waals surface area contributed by atoms with E-state index in [0.717, 1.165) is 11.1 Å². The number of hydrogen-bond acceptors (Lipinski definition) is 1. The predicted octanol–water partition coefficient (Wildman–Crippen LogP) is 4.61. The van der Waals surface area contributed by atoms with E-state index >= 15 is 0 Å². The lowest BCUT2D eigenvalue weighted by Gasteiger charge is -2.27. The zero-order valence-electron chi connectivity index (χ0n) is 11.7. The molecule has 0 heterocycles. The average Bonchev–Trinajstić information content (AvgIpc) is 2.62. The van der Waals surface area contributed by atoms with Crippen LogP contribution in [0.1, 0.15) is 21.5 Å². The van der Waals surface area contributed by atoms with Gasteiger partial charge in [-0.2, -0.15) is 0 Å². The Kier molecular flexibility index (Phi) is 4.21. The molecule has 0 aliphatic heterocycles. The van der Waals surface area contributed by atoms with Crippen molar-refractivity contribution >= 4 is 21.7 Å². The van der Waals surface area contributed by atoms with Crippen molar-refractivity contribution in [1.29, 1.82) is 0 Å². The molecule has 0 saturated heterocycles. The van der Waals surface area contributed by atoms with Crippen molar-refractivity contribution in [2.24, 2.45) is 0 Å². The largest absolute Gasteiger partial charge is 0.292 e. The maximum atomic E-state index is 13.1. The lowest BCUT2D eigenvalue weighted by atomic mass is 9.84. The number of ketones is 1. The van der Waals surface area contributed by atoms with Crippen LogP contribution in [0.5, 0.6) is 0 Å². The van der Waals surface area contributed by atoms with E-state index in [2.05, 4.69) is 34.1 Å². The fraction of sp³-hybridized carbons (Fsp3) is 0.0500. The molecule has 0 saturated carbocycles. The van der Waals surface area contributed by atoms with E-state index in [1.54, 1.807) is 24.3 Å². The SMILES string of the molecule is O=C(c1[c]cccc1)C(Br)(c1[c]cccc1)c1[c]cccc1. The quantitative estimate of drug-likeness (QED) is 0.497. The highest BCUT2D eigenvalue weighted by atomic mass is 79.9. The van der Waals surface area contributed by atoms with Crippen LogP contribution in [0, 0.1) is 18.2 Å². The molecule has 22 heavy (non-hydrogen) atoms. The number of hydrogen-bond donors (Lipinski definition) is 0. The van der Waals surface area contributed by atoms with Gasteiger partial charge in [-0.1, -0.05) is 88.7 Å². The summed E-state index contributed by atoms with van der Waals surface area (Å²) in [7, 11) is 0. The molecule has 0 amide bonds. The van der Waals surface area contributed by atoms with E-state index in [9.17, 15) is 4.79 Å². The van der Waals surface area contributed by atoms with Gasteiger partial charge in [-0.05, 0) is 29.3 Å². The number of halogens is 1. The van der Waals surface area contributed by atoms with Crippen LogP contribution in [0.15, 0.2) is 72.8 Å². The van der Waals surface area contributed by atoms with Crippen LogP contribution in [0.25, 0.3) is 0 Å². The first kappa shape index (κ1) is 14.7. The van der Waals surface area contributed by atoms with Crippen molar-refractivity contribution in [3.63, 3.8) is 0 Å². The van der Waals surface area contributed by atoms with Gasteiger partial charge in [0.1, 0.15) is 4.32 Å². The summed E-state index contributed by atoms with van der Waals surface area (Å²) in [6.07, 6.45) is 0. The second-order valence-corrected chi connectivity index (χ2v) is 6.01. The summed E-state index contributed by atoms with van der Waals surface area (Å²) in [6, 6.07) is 31.4. The number of alkyl halides is 1. The van der Waals surface area contributed by atoms with Gasteiger partial charge in [0.2, 0.25) is 0 Å². The molecule has 3 rings (SSSR count). The van der Waals surface area contributed by atoms with Gasteiger partial charge < -0.3 is 0 Å². The van der Waals surface area contributed by atoms with Crippen molar-refractivity contribution < 1.29 is 4.79 Å². The van der Waals surface area contributed by atoms with Crippen molar-refractivity contribution in [3.05, 3.63) is 108 Å². The predicted molar refractivity (Wildman–Crippen MR) is 89.9 cm³/mol. The number of carbonyl (C=O) groups excluding carboxylic acids is 1. The van der Waals surface area contributed by atoms with Gasteiger partial charge in [-0.15, -0.1) is 0 Å². The van der Waals surface area contributed by atoms with Gasteiger partial charge in [0.25, 0.3) is 0 Å². The molecule has 0 aliphatic rings. The zero-order valence-corrected chi connectivity index (χ0v) is 13.3. The fourth-order valence-corrected chi connectivity index (χ4v) is 3.03. The molecular formula is C20H12BrO. The van der Waals surface area contributed by atoms with Crippen LogP contribution in [0.4, 0.5) is 0 Å². The third-order valence-electron chi connectivity index (χ3n) is 3.43. The number of Topliss-reactive ketones (excluding diaryl/α,β-unsaturated/α-hetero) is 1. The summed E-state index contributed by atoms with van der Waals surface area (Å²) in [5.74, 6) is -0.0852. The molecular weight excluding hydrogens is 336 g/mol. The lowest BCUT2D eigenvalue weighted by Crippen LogP contribution is -2.31. The first-order chi connectivity index (χ1) is 10.7. The van der Waals surface area contributed by atoms with Gasteiger partial charge in [-0.25, -0.2) is 0 Å². The van der Waals surface area contributed by atoms with Crippen molar-refractivity contribution in [2.45, 2.75) is 4.32 Å². The molecule has 0 fully saturated rings. The molecule has 3 radical (unpaired) electrons. The van der Waals surface area contributed by atoms with E-state index in [1.165, 1.54) is 0 Å². The van der Waals surface area contributed by atoms with Gasteiger partial charge in [0.15, 0.2) is 5.78 Å². The Morgan fingerprint density at radius 1 is 0.773 bits per heavy atom. The Morgan fingerprint density at radius 3 is 1.68 bits per heavy atom. The summed E-state index contributed by atoms with van der Waals surface area (Å²) < 4.78 is -1.02. The number of rotatable bonds is 4.